The molecule has 0 bridgehead atoms. The van der Waals surface area contributed by atoms with E-state index in [1.807, 2.05) is 0 Å². The van der Waals surface area contributed by atoms with E-state index in [1.165, 1.54) is 0 Å². The Labute approximate surface area is 130 Å². The summed E-state index contributed by atoms with van der Waals surface area (Å²) in [4.78, 5) is 0. The number of hydrogen-bond acceptors (Lipinski definition) is 2. The molecule has 0 aliphatic heterocycles. The topological polar surface area (TPSA) is 18.5 Å². The first kappa shape index (κ1) is 23.0. The zero-order chi connectivity index (χ0) is 18.5. The summed E-state index contributed by atoms with van der Waals surface area (Å²) >= 11 is -6.43. The van der Waals surface area contributed by atoms with Gasteiger partial charge in [0, 0.05) is 0 Å². The number of hydrogen-bond donors (Lipinski definition) is 0. The van der Waals surface area contributed by atoms with Crippen molar-refractivity contribution in [1.82, 2.24) is 0 Å². The summed E-state index contributed by atoms with van der Waals surface area (Å²) in [6.45, 7) is 0. The van der Waals surface area contributed by atoms with Gasteiger partial charge in [0.05, 0.1) is 0 Å². The van der Waals surface area contributed by atoms with Crippen molar-refractivity contribution in [2.75, 3.05) is 14.2 Å². The van der Waals surface area contributed by atoms with Gasteiger partial charge in [-0.05, 0) is 0 Å². The molecule has 0 saturated heterocycles. The molecule has 0 radical (unpaired) electrons. The van der Waals surface area contributed by atoms with Gasteiger partial charge >= 0.3 is 129 Å². The second-order valence-electron chi connectivity index (χ2n) is 4.38. The molecule has 0 amide bonds. The third-order valence-electron chi connectivity index (χ3n) is 3.06. The molecule has 0 aliphatic rings. The van der Waals surface area contributed by atoms with Crippen LogP contribution in [-0.4, -0.2) is 79.3 Å². The van der Waals surface area contributed by atoms with E-state index in [-0.39, 0.29) is 0 Å². The van der Waals surface area contributed by atoms with Crippen LogP contribution < -0.4 is 0 Å². The average molecular weight is 475 g/mol. The van der Waals surface area contributed by atoms with Gasteiger partial charge in [-0.15, -0.1) is 0 Å². The predicted octanol–water partition coefficient (Wildman–Crippen LogP) is 3.36. The van der Waals surface area contributed by atoms with Gasteiger partial charge in [-0.2, -0.15) is 0 Å². The Morgan fingerprint density at radius 1 is 0.522 bits per heavy atom. The molecule has 0 aromatic carbocycles. The average Bonchev–Trinajstić information content (AvgIpc) is 2.52. The van der Waals surface area contributed by atoms with Crippen LogP contribution in [0.5, 0.6) is 0 Å². The van der Waals surface area contributed by atoms with E-state index >= 15 is 0 Å². The Morgan fingerprint density at radius 2 is 0.783 bits per heavy atom. The molecule has 0 heterocycles. The predicted molar refractivity (Wildman–Crippen MR) is 61.2 cm³/mol. The van der Waals surface area contributed by atoms with Crippen molar-refractivity contribution in [3.8, 4) is 0 Å². The molecule has 140 valence electrons. The van der Waals surface area contributed by atoms with E-state index in [0.717, 1.165) is 0 Å². The number of halogens is 10. The van der Waals surface area contributed by atoms with E-state index in [0.29, 0.717) is 14.2 Å². The van der Waals surface area contributed by atoms with Gasteiger partial charge < -0.3 is 0 Å². The van der Waals surface area contributed by atoms with Crippen LogP contribution in [0.1, 0.15) is 0 Å². The third kappa shape index (κ3) is 5.00. The standard InChI is InChI=1S/2C4H4F5.2CH3O.Sn/c2*5-1-2(6)3(7)4(8)9;2*1-2;/h2*1-4H;2*1H3;/q;;2*-1;+2. The van der Waals surface area contributed by atoms with Crippen molar-refractivity contribution in [2.24, 2.45) is 0 Å². The molecule has 0 spiro atoms. The summed E-state index contributed by atoms with van der Waals surface area (Å²) in [6, 6.07) is 0. The van der Waals surface area contributed by atoms with Gasteiger partial charge in [-0.25, -0.2) is 0 Å². The van der Waals surface area contributed by atoms with Crippen LogP contribution in [0.4, 0.5) is 43.9 Å². The number of rotatable bonds is 10. The van der Waals surface area contributed by atoms with Crippen molar-refractivity contribution in [2.45, 2.75) is 45.9 Å². The molecule has 2 nitrogen and oxygen atoms in total. The normalized spacial score (nSPS) is 21.1. The van der Waals surface area contributed by atoms with Gasteiger partial charge in [0.25, 0.3) is 0 Å². The molecule has 23 heavy (non-hydrogen) atoms. The fourth-order valence-corrected chi connectivity index (χ4v) is 9.23. The summed E-state index contributed by atoms with van der Waals surface area (Å²) in [5, 5.41) is 0. The molecule has 0 saturated carbocycles. The SMILES string of the molecule is C[O][Sn]([O]C)([CH](F)C(F)C(F)C(F)F)[CH](F)C(F)C(F)C(F)F. The quantitative estimate of drug-likeness (QED) is 0.357. The van der Waals surface area contributed by atoms with Crippen molar-refractivity contribution >= 4 is 19.2 Å². The van der Waals surface area contributed by atoms with E-state index in [9.17, 15) is 43.9 Å². The van der Waals surface area contributed by atoms with Crippen molar-refractivity contribution in [3.05, 3.63) is 0 Å². The summed E-state index contributed by atoms with van der Waals surface area (Å²) in [5.74, 6) is 0. The van der Waals surface area contributed by atoms with E-state index in [2.05, 4.69) is 6.15 Å². The third-order valence-corrected chi connectivity index (χ3v) is 12.9. The maximum atomic E-state index is 14.0. The van der Waals surface area contributed by atoms with E-state index < -0.39 is 65.1 Å². The van der Waals surface area contributed by atoms with Crippen LogP contribution in [0.2, 0.25) is 0 Å². The zero-order valence-electron chi connectivity index (χ0n) is 11.7. The van der Waals surface area contributed by atoms with Gasteiger partial charge in [-0.3, -0.25) is 0 Å². The van der Waals surface area contributed by atoms with Crippen molar-refractivity contribution in [1.29, 1.82) is 0 Å². The van der Waals surface area contributed by atoms with Gasteiger partial charge in [0.15, 0.2) is 0 Å². The fourth-order valence-electron chi connectivity index (χ4n) is 1.73. The minimum absolute atomic E-state index is 0.476. The van der Waals surface area contributed by atoms with Gasteiger partial charge in [0.2, 0.25) is 0 Å². The van der Waals surface area contributed by atoms with Gasteiger partial charge in [0.1, 0.15) is 0 Å². The molecule has 0 fully saturated rings. The van der Waals surface area contributed by atoms with Crippen molar-refractivity contribution in [3.63, 3.8) is 0 Å². The Balaban J connectivity index is 5.55. The van der Waals surface area contributed by atoms with Crippen LogP contribution in [0.25, 0.3) is 0 Å². The maximum absolute atomic E-state index is 14.0. The van der Waals surface area contributed by atoms with E-state index in [1.54, 1.807) is 0 Å². The Hall–Kier alpha value is 0.0187. The minimum atomic E-state index is -6.43. The number of alkyl halides is 10. The molecule has 0 aliphatic carbocycles. The molecule has 6 atom stereocenters. The molecule has 0 aromatic rings. The second kappa shape index (κ2) is 9.49. The molecule has 6 unspecified atom stereocenters. The second-order valence-corrected chi connectivity index (χ2v) is 14.0. The monoisotopic (exact) mass is 476 g/mol. The van der Waals surface area contributed by atoms with Gasteiger partial charge in [-0.1, -0.05) is 0 Å². The van der Waals surface area contributed by atoms with E-state index in [4.69, 9.17) is 0 Å². The van der Waals surface area contributed by atoms with Crippen LogP contribution in [0, 0.1) is 0 Å². The molecular weight excluding hydrogens is 461 g/mol. The first-order chi connectivity index (χ1) is 10.5. The van der Waals surface area contributed by atoms with Crippen LogP contribution >= 0.6 is 0 Å². The van der Waals surface area contributed by atoms with Crippen LogP contribution in [-0.2, 0) is 6.15 Å². The molecule has 0 rings (SSSR count). The van der Waals surface area contributed by atoms with Crippen LogP contribution in [0.3, 0.4) is 0 Å². The molecule has 0 N–H and O–H groups in total. The summed E-state index contributed by atoms with van der Waals surface area (Å²) in [6.07, 6.45) is -22.7. The zero-order valence-corrected chi connectivity index (χ0v) is 14.6. The fraction of sp³-hybridized carbons (Fsp3) is 1.00. The summed E-state index contributed by atoms with van der Waals surface area (Å²) in [5.41, 5.74) is 0. The van der Waals surface area contributed by atoms with Crippen LogP contribution in [0.15, 0.2) is 0 Å². The Morgan fingerprint density at radius 3 is 0.957 bits per heavy atom. The molecule has 13 heteroatoms. The van der Waals surface area contributed by atoms with Crippen molar-refractivity contribution < 1.29 is 50.1 Å². The first-order valence-corrected chi connectivity index (χ1v) is 11.6. The Bertz CT molecular complexity index is 318. The Kier molecular flexibility index (Phi) is 9.50. The molecule has 0 aromatic heterocycles. The summed E-state index contributed by atoms with van der Waals surface area (Å²) in [7, 11) is 0.951. The first-order valence-electron chi connectivity index (χ1n) is 5.98. The summed E-state index contributed by atoms with van der Waals surface area (Å²) < 4.78 is 130. The molecular formula is C10H14F10O2Sn.